The molecule has 2 fully saturated rings. The Morgan fingerprint density at radius 3 is 1.42 bits per heavy atom. The zero-order chi connectivity index (χ0) is 41.7. The molecule has 4 heterocycles. The van der Waals surface area contributed by atoms with Gasteiger partial charge in [-0.05, 0) is 35.9 Å². The zero-order valence-corrected chi connectivity index (χ0v) is 33.4. The summed E-state index contributed by atoms with van der Waals surface area (Å²) in [6.45, 7) is 3.24. The predicted octanol–water partition coefficient (Wildman–Crippen LogP) is 4.72. The second kappa shape index (κ2) is 17.4. The minimum Gasteiger partial charge on any atom is -0.378 e. The van der Waals surface area contributed by atoms with Crippen LogP contribution in [0, 0.1) is 0 Å². The minimum absolute atomic E-state index is 0.00410. The average Bonchev–Trinajstić information content (AvgIpc) is 3.26. The number of rotatable bonds is 12. The number of hydrogen-bond acceptors (Lipinski definition) is 16. The molecule has 0 saturated carbocycles. The molecule has 60 heavy (non-hydrogen) atoms. The molecule has 8 rings (SSSR count). The van der Waals surface area contributed by atoms with Crippen molar-refractivity contribution in [2.45, 2.75) is 9.79 Å². The first-order valence-electron chi connectivity index (χ1n) is 18.7. The van der Waals surface area contributed by atoms with E-state index in [4.69, 9.17) is 39.4 Å². The topological polar surface area (TPSA) is 235 Å². The van der Waals surface area contributed by atoms with E-state index in [1.165, 1.54) is 12.1 Å². The third kappa shape index (κ3) is 9.23. The van der Waals surface area contributed by atoms with Gasteiger partial charge in [0.15, 0.2) is 11.6 Å². The fourth-order valence-electron chi connectivity index (χ4n) is 6.71. The molecule has 0 atom stereocenters. The van der Waals surface area contributed by atoms with Gasteiger partial charge < -0.3 is 29.9 Å². The largest absolute Gasteiger partial charge is 0.378 e. The molecule has 2 aliphatic heterocycles. The highest BCUT2D eigenvalue weighted by atomic mass is 32.2. The first kappa shape index (κ1) is 40.4. The molecule has 0 spiro atoms. The van der Waals surface area contributed by atoms with E-state index in [0.29, 0.717) is 69.5 Å². The molecule has 308 valence electrons. The van der Waals surface area contributed by atoms with Crippen molar-refractivity contribution in [2.24, 2.45) is 0 Å². The van der Waals surface area contributed by atoms with Crippen molar-refractivity contribution < 1.29 is 35.4 Å². The Morgan fingerprint density at radius 1 is 0.517 bits per heavy atom. The number of benzene rings is 4. The summed E-state index contributed by atoms with van der Waals surface area (Å²) in [5.74, 6) is 0.447. The molecule has 2 saturated heterocycles. The summed E-state index contributed by atoms with van der Waals surface area (Å²) >= 11 is 0. The molecule has 6 aromatic rings. The fraction of sp³-hybridized carbons (Fsp3) is 0.200. The van der Waals surface area contributed by atoms with Crippen LogP contribution in [0.3, 0.4) is 0 Å². The lowest BCUT2D eigenvalue weighted by molar-refractivity contribution is 0.122. The molecule has 18 nitrogen and oxygen atoms in total. The van der Waals surface area contributed by atoms with Gasteiger partial charge in [0, 0.05) is 54.3 Å². The normalized spacial score (nSPS) is 15.3. The molecule has 2 aliphatic rings. The van der Waals surface area contributed by atoms with Crippen molar-refractivity contribution in [3.63, 3.8) is 0 Å². The number of aromatic nitrogens is 6. The Labute approximate surface area is 345 Å². The fourth-order valence-corrected chi connectivity index (χ4v) is 8.71. The van der Waals surface area contributed by atoms with Crippen LogP contribution in [0.1, 0.15) is 22.8 Å². The molecule has 0 unspecified atom stereocenters. The maximum Gasteiger partial charge on any atom is 0.296 e. The second-order valence-corrected chi connectivity index (χ2v) is 16.2. The van der Waals surface area contributed by atoms with Gasteiger partial charge >= 0.3 is 0 Å². The molecule has 2 aromatic heterocycles. The van der Waals surface area contributed by atoms with Crippen LogP contribution in [0.15, 0.2) is 119 Å². The van der Waals surface area contributed by atoms with Crippen LogP contribution in [-0.4, -0.2) is 108 Å². The van der Waals surface area contributed by atoms with Gasteiger partial charge in [-0.3, -0.25) is 9.11 Å². The highest BCUT2D eigenvalue weighted by Gasteiger charge is 2.34. The lowest BCUT2D eigenvalue weighted by Crippen LogP contribution is -2.37. The summed E-state index contributed by atoms with van der Waals surface area (Å²) in [6.07, 6.45) is 0. The third-order valence-electron chi connectivity index (χ3n) is 9.44. The number of nitrogens with one attached hydrogen (secondary N) is 2. The van der Waals surface area contributed by atoms with E-state index in [-0.39, 0.29) is 52.2 Å². The van der Waals surface area contributed by atoms with Crippen molar-refractivity contribution >= 4 is 66.6 Å². The van der Waals surface area contributed by atoms with Gasteiger partial charge in [0.1, 0.15) is 9.79 Å². The molecule has 0 bridgehead atoms. The molecular weight excluding hydrogens is 813 g/mol. The Kier molecular flexibility index (Phi) is 11.7. The summed E-state index contributed by atoms with van der Waals surface area (Å²) in [6, 6.07) is 30.4. The summed E-state index contributed by atoms with van der Waals surface area (Å²) in [4.78, 5) is 30.7. The summed E-state index contributed by atoms with van der Waals surface area (Å²) < 4.78 is 85.3. The van der Waals surface area contributed by atoms with Crippen LogP contribution in [0.25, 0.3) is 11.1 Å². The number of hydrogen-bond donors (Lipinski definition) is 4. The molecule has 0 radical (unpaired) electrons. The summed E-state index contributed by atoms with van der Waals surface area (Å²) in [7, 11) is -10.7. The number of morpholine rings is 2. The van der Waals surface area contributed by atoms with Crippen molar-refractivity contribution in [1.82, 2.24) is 29.9 Å². The number of nitrogens with zero attached hydrogens (tertiary/aromatic N) is 8. The number of para-hydroxylation sites is 2. The number of ether oxygens (including phenoxy) is 2. The van der Waals surface area contributed by atoms with Crippen LogP contribution in [-0.2, 0) is 29.7 Å². The van der Waals surface area contributed by atoms with Crippen LogP contribution in [0.4, 0.5) is 35.2 Å². The van der Waals surface area contributed by atoms with Crippen LogP contribution >= 0.6 is 0 Å². The lowest BCUT2D eigenvalue weighted by Gasteiger charge is -2.28. The van der Waals surface area contributed by atoms with Crippen molar-refractivity contribution in [1.29, 1.82) is 0 Å². The smallest absolute Gasteiger partial charge is 0.296 e. The Balaban J connectivity index is 1.51. The molecule has 0 amide bonds. The van der Waals surface area contributed by atoms with Crippen LogP contribution < -0.4 is 20.4 Å². The SMILES string of the molecule is O=S(=O)(O)c1cccc(C(=C(c2ccccc2)c2nc(Nc3ccccc3)nc(N3CCOCC3)n2)c2nc(Nc3ccccc3)nc(N3CCOCC3)n2)c1S(=O)(=O)O. The Bertz CT molecular complexity index is 2740. The van der Waals surface area contributed by atoms with E-state index in [0.717, 1.165) is 6.07 Å². The molecule has 4 aromatic carbocycles. The van der Waals surface area contributed by atoms with E-state index in [9.17, 15) is 25.9 Å². The zero-order valence-electron chi connectivity index (χ0n) is 31.8. The standard InChI is InChI=1S/C40H38N10O8S2/c51-59(52,53)31-18-10-17-30(34(31)60(54,55)56)33(36-44-38(42-29-15-8-3-9-16-29)48-40(46-36)50-21-25-58-26-22-50)32(27-11-4-1-5-12-27)35-43-37(41-28-13-6-2-7-14-28)47-39(45-35)49-19-23-57-24-20-49/h1-18H,19-26H2,(H,51,52,53)(H,54,55,56)(H,41,43,45,47)(H,42,44,46,48). The van der Waals surface area contributed by atoms with Gasteiger partial charge in [-0.2, -0.15) is 46.7 Å². The third-order valence-corrected chi connectivity index (χ3v) is 11.4. The molecule has 20 heteroatoms. The molecular formula is C40H38N10O8S2. The van der Waals surface area contributed by atoms with E-state index in [2.05, 4.69) is 10.6 Å². The number of anilines is 6. The monoisotopic (exact) mass is 850 g/mol. The predicted molar refractivity (Wildman–Crippen MR) is 223 cm³/mol. The van der Waals surface area contributed by atoms with Gasteiger partial charge in [0.2, 0.25) is 23.8 Å². The van der Waals surface area contributed by atoms with Gasteiger partial charge in [-0.1, -0.05) is 78.9 Å². The highest BCUT2D eigenvalue weighted by molar-refractivity contribution is 7.89. The van der Waals surface area contributed by atoms with Crippen molar-refractivity contribution in [3.05, 3.63) is 132 Å². The molecule has 4 N–H and O–H groups in total. The van der Waals surface area contributed by atoms with E-state index < -0.39 is 30.0 Å². The van der Waals surface area contributed by atoms with Gasteiger partial charge in [-0.15, -0.1) is 0 Å². The van der Waals surface area contributed by atoms with E-state index >= 15 is 0 Å². The quantitative estimate of drug-likeness (QED) is 0.0963. The molecule has 0 aliphatic carbocycles. The second-order valence-electron chi connectivity index (χ2n) is 13.4. The Hall–Kier alpha value is -6.42. The minimum atomic E-state index is -5.44. The highest BCUT2D eigenvalue weighted by Crippen LogP contribution is 2.40. The lowest BCUT2D eigenvalue weighted by atomic mass is 9.93. The van der Waals surface area contributed by atoms with Crippen molar-refractivity contribution in [3.8, 4) is 0 Å². The summed E-state index contributed by atoms with van der Waals surface area (Å²) in [5.41, 5.74) is 1.30. The maximum absolute atomic E-state index is 13.5. The van der Waals surface area contributed by atoms with Crippen LogP contribution in [0.2, 0.25) is 0 Å². The van der Waals surface area contributed by atoms with Gasteiger partial charge in [0.05, 0.1) is 26.4 Å². The van der Waals surface area contributed by atoms with Gasteiger partial charge in [0.25, 0.3) is 20.2 Å². The van der Waals surface area contributed by atoms with Gasteiger partial charge in [-0.25, -0.2) is 0 Å². The Morgan fingerprint density at radius 2 is 0.967 bits per heavy atom. The van der Waals surface area contributed by atoms with Crippen LogP contribution in [0.5, 0.6) is 0 Å². The first-order valence-corrected chi connectivity index (χ1v) is 21.6. The van der Waals surface area contributed by atoms with E-state index in [1.54, 1.807) is 42.5 Å². The average molecular weight is 851 g/mol. The maximum atomic E-state index is 13.5. The summed E-state index contributed by atoms with van der Waals surface area (Å²) in [5, 5.41) is 6.44. The van der Waals surface area contributed by atoms with E-state index in [1.807, 2.05) is 58.3 Å². The van der Waals surface area contributed by atoms with Crippen molar-refractivity contribution in [2.75, 3.05) is 73.0 Å². The first-order chi connectivity index (χ1) is 29.0.